The first kappa shape index (κ1) is 13.8. The first-order valence-corrected chi connectivity index (χ1v) is 5.96. The first-order chi connectivity index (χ1) is 9.61. The van der Waals surface area contributed by atoms with Gasteiger partial charge >= 0.3 is 0 Å². The summed E-state index contributed by atoms with van der Waals surface area (Å²) in [5, 5.41) is 9.56. The smallest absolute Gasteiger partial charge is 0.189 e. The average Bonchev–Trinajstić information content (AvgIpc) is 2.47. The number of carbonyl (C=O) groups excluding carboxylic acids is 1. The number of allylic oxidation sites excluding steroid dienone is 1. The van der Waals surface area contributed by atoms with Crippen LogP contribution in [0.25, 0.3) is 6.08 Å². The first-order valence-electron chi connectivity index (χ1n) is 5.96. The summed E-state index contributed by atoms with van der Waals surface area (Å²) in [5.41, 5.74) is 0.649. The number of aromatic hydroxyl groups is 1. The lowest BCUT2D eigenvalue weighted by Gasteiger charge is -2.03. The highest BCUT2D eigenvalue weighted by Crippen LogP contribution is 2.21. The fraction of sp³-hybridized carbons (Fsp3) is 0.0625. The van der Waals surface area contributed by atoms with E-state index in [0.717, 1.165) is 23.8 Å². The molecular formula is C16H13FO3. The Hall–Kier alpha value is -2.62. The molecule has 3 nitrogen and oxygen atoms in total. The Morgan fingerprint density at radius 3 is 2.75 bits per heavy atom. The molecule has 0 aliphatic carbocycles. The van der Waals surface area contributed by atoms with E-state index in [1.807, 2.05) is 12.1 Å². The molecule has 4 heteroatoms. The Morgan fingerprint density at radius 2 is 2.00 bits per heavy atom. The number of ketones is 1. The van der Waals surface area contributed by atoms with Gasteiger partial charge in [0.05, 0.1) is 12.7 Å². The third-order valence-corrected chi connectivity index (χ3v) is 2.78. The van der Waals surface area contributed by atoms with Crippen LogP contribution < -0.4 is 4.74 Å². The van der Waals surface area contributed by atoms with Gasteiger partial charge in [0.2, 0.25) is 0 Å². The summed E-state index contributed by atoms with van der Waals surface area (Å²) in [7, 11) is 1.53. The van der Waals surface area contributed by atoms with Gasteiger partial charge in [-0.15, -0.1) is 0 Å². The van der Waals surface area contributed by atoms with Crippen molar-refractivity contribution in [2.24, 2.45) is 0 Å². The van der Waals surface area contributed by atoms with E-state index in [-0.39, 0.29) is 11.3 Å². The maximum Gasteiger partial charge on any atom is 0.189 e. The number of benzene rings is 2. The lowest BCUT2D eigenvalue weighted by Crippen LogP contribution is -1.96. The fourth-order valence-electron chi connectivity index (χ4n) is 1.76. The van der Waals surface area contributed by atoms with Crippen molar-refractivity contribution in [2.75, 3.05) is 7.11 Å². The summed E-state index contributed by atoms with van der Waals surface area (Å²) in [6.07, 6.45) is 2.83. The van der Waals surface area contributed by atoms with E-state index in [4.69, 9.17) is 4.74 Å². The Morgan fingerprint density at radius 1 is 1.25 bits per heavy atom. The van der Waals surface area contributed by atoms with Crippen molar-refractivity contribution in [2.45, 2.75) is 0 Å². The van der Waals surface area contributed by atoms with Crippen LogP contribution in [0.15, 0.2) is 48.5 Å². The molecule has 0 fully saturated rings. The number of ether oxygens (including phenoxy) is 1. The summed E-state index contributed by atoms with van der Waals surface area (Å²) in [6.45, 7) is 0. The zero-order chi connectivity index (χ0) is 14.5. The van der Waals surface area contributed by atoms with Crippen LogP contribution in [0.1, 0.15) is 15.9 Å². The molecule has 2 rings (SSSR count). The Kier molecular flexibility index (Phi) is 4.15. The van der Waals surface area contributed by atoms with E-state index in [1.54, 1.807) is 18.2 Å². The predicted molar refractivity (Wildman–Crippen MR) is 74.4 cm³/mol. The van der Waals surface area contributed by atoms with Crippen molar-refractivity contribution in [3.63, 3.8) is 0 Å². The number of phenols is 1. The Balaban J connectivity index is 2.27. The quantitative estimate of drug-likeness (QED) is 0.685. The SMILES string of the molecule is COc1ccccc1/C=C/C(=O)c1cc(F)ccc1O. The molecule has 2 aromatic carbocycles. The van der Waals surface area contributed by atoms with Crippen LogP contribution in [0.3, 0.4) is 0 Å². The number of carbonyl (C=O) groups is 1. The predicted octanol–water partition coefficient (Wildman–Crippen LogP) is 3.44. The van der Waals surface area contributed by atoms with Crippen LogP contribution in [0, 0.1) is 5.82 Å². The van der Waals surface area contributed by atoms with Gasteiger partial charge in [0.25, 0.3) is 0 Å². The third kappa shape index (κ3) is 3.03. The van der Waals surface area contributed by atoms with Crippen molar-refractivity contribution in [1.29, 1.82) is 0 Å². The molecule has 20 heavy (non-hydrogen) atoms. The summed E-state index contributed by atoms with van der Waals surface area (Å²) < 4.78 is 18.2. The monoisotopic (exact) mass is 272 g/mol. The number of para-hydroxylation sites is 1. The molecule has 0 atom stereocenters. The van der Waals surface area contributed by atoms with Crippen LogP contribution in [0.2, 0.25) is 0 Å². The second-order valence-corrected chi connectivity index (χ2v) is 4.10. The van der Waals surface area contributed by atoms with Crippen LogP contribution >= 0.6 is 0 Å². The van der Waals surface area contributed by atoms with Gasteiger partial charge in [-0.05, 0) is 36.4 Å². The number of halogens is 1. The van der Waals surface area contributed by atoms with Gasteiger partial charge in [0.15, 0.2) is 5.78 Å². The van der Waals surface area contributed by atoms with Crippen LogP contribution in [-0.4, -0.2) is 18.0 Å². The van der Waals surface area contributed by atoms with Gasteiger partial charge < -0.3 is 9.84 Å². The molecule has 0 aliphatic rings. The molecule has 102 valence electrons. The molecule has 0 spiro atoms. The standard InChI is InChI=1S/C16H13FO3/c1-20-16-5-3-2-4-11(16)6-8-14(18)13-10-12(17)7-9-15(13)19/h2-10,19H,1H3/b8-6+. The number of phenolic OH excluding ortho intramolecular Hbond substituents is 1. The van der Waals surface area contributed by atoms with Gasteiger partial charge in [-0.1, -0.05) is 18.2 Å². The van der Waals surface area contributed by atoms with Crippen molar-refractivity contribution in [1.82, 2.24) is 0 Å². The maximum absolute atomic E-state index is 13.1. The summed E-state index contributed by atoms with van der Waals surface area (Å²) in [4.78, 5) is 11.9. The zero-order valence-electron chi connectivity index (χ0n) is 10.8. The van der Waals surface area contributed by atoms with Crippen LogP contribution in [0.5, 0.6) is 11.5 Å². The summed E-state index contributed by atoms with van der Waals surface area (Å²) >= 11 is 0. The number of methoxy groups -OCH3 is 1. The molecule has 0 saturated heterocycles. The molecule has 0 unspecified atom stereocenters. The zero-order valence-corrected chi connectivity index (χ0v) is 10.8. The molecule has 0 bridgehead atoms. The minimum absolute atomic E-state index is 0.0730. The Bertz CT molecular complexity index is 663. The average molecular weight is 272 g/mol. The van der Waals surface area contributed by atoms with E-state index in [0.29, 0.717) is 5.75 Å². The van der Waals surface area contributed by atoms with E-state index in [9.17, 15) is 14.3 Å². The van der Waals surface area contributed by atoms with Crippen LogP contribution in [-0.2, 0) is 0 Å². The second kappa shape index (κ2) is 6.02. The molecule has 2 aromatic rings. The molecule has 0 saturated carbocycles. The van der Waals surface area contributed by atoms with Crippen molar-refractivity contribution in [3.8, 4) is 11.5 Å². The maximum atomic E-state index is 13.1. The lowest BCUT2D eigenvalue weighted by molar-refractivity contribution is 0.104. The van der Waals surface area contributed by atoms with Gasteiger partial charge in [-0.3, -0.25) is 4.79 Å². The fourth-order valence-corrected chi connectivity index (χ4v) is 1.76. The second-order valence-electron chi connectivity index (χ2n) is 4.10. The van der Waals surface area contributed by atoms with E-state index in [2.05, 4.69) is 0 Å². The summed E-state index contributed by atoms with van der Waals surface area (Å²) in [6, 6.07) is 10.4. The Labute approximate surface area is 115 Å². The molecule has 1 N–H and O–H groups in total. The third-order valence-electron chi connectivity index (χ3n) is 2.78. The number of hydrogen-bond donors (Lipinski definition) is 1. The largest absolute Gasteiger partial charge is 0.507 e. The minimum Gasteiger partial charge on any atom is -0.507 e. The number of rotatable bonds is 4. The van der Waals surface area contributed by atoms with Gasteiger partial charge in [0, 0.05) is 5.56 Å². The minimum atomic E-state index is -0.572. The highest BCUT2D eigenvalue weighted by atomic mass is 19.1. The summed E-state index contributed by atoms with van der Waals surface area (Å²) in [5.74, 6) is -0.675. The molecule has 0 aliphatic heterocycles. The van der Waals surface area contributed by atoms with E-state index in [1.165, 1.54) is 13.2 Å². The van der Waals surface area contributed by atoms with Gasteiger partial charge in [0.1, 0.15) is 17.3 Å². The van der Waals surface area contributed by atoms with E-state index < -0.39 is 11.6 Å². The highest BCUT2D eigenvalue weighted by molar-refractivity contribution is 6.08. The van der Waals surface area contributed by atoms with E-state index >= 15 is 0 Å². The topological polar surface area (TPSA) is 46.5 Å². The number of hydrogen-bond acceptors (Lipinski definition) is 3. The molecular weight excluding hydrogens is 259 g/mol. The van der Waals surface area contributed by atoms with Crippen molar-refractivity contribution >= 4 is 11.9 Å². The lowest BCUT2D eigenvalue weighted by atomic mass is 10.1. The molecule has 0 heterocycles. The van der Waals surface area contributed by atoms with Crippen LogP contribution in [0.4, 0.5) is 4.39 Å². The molecule has 0 radical (unpaired) electrons. The van der Waals surface area contributed by atoms with Crippen molar-refractivity contribution < 1.29 is 19.0 Å². The van der Waals surface area contributed by atoms with Gasteiger partial charge in [-0.2, -0.15) is 0 Å². The highest BCUT2D eigenvalue weighted by Gasteiger charge is 2.09. The van der Waals surface area contributed by atoms with Gasteiger partial charge in [-0.25, -0.2) is 4.39 Å². The van der Waals surface area contributed by atoms with Crippen molar-refractivity contribution in [3.05, 3.63) is 65.5 Å². The molecule has 0 aromatic heterocycles. The normalized spacial score (nSPS) is 10.7. The molecule has 0 amide bonds.